The van der Waals surface area contributed by atoms with Gasteiger partial charge in [0.15, 0.2) is 0 Å². The monoisotopic (exact) mass is 231 g/mol. The number of rotatable bonds is 6. The molecule has 2 aromatic rings. The van der Waals surface area contributed by atoms with E-state index < -0.39 is 0 Å². The molecule has 90 valence electrons. The van der Waals surface area contributed by atoms with Gasteiger partial charge in [-0.3, -0.25) is 0 Å². The molecular formula is C13H17N3O. The van der Waals surface area contributed by atoms with E-state index in [1.165, 1.54) is 5.56 Å². The Hall–Kier alpha value is -1.81. The highest BCUT2D eigenvalue weighted by Crippen LogP contribution is 2.17. The van der Waals surface area contributed by atoms with Gasteiger partial charge in [0, 0.05) is 12.4 Å². The smallest absolute Gasteiger partial charge is 0.122 e. The number of aromatic amines is 1. The summed E-state index contributed by atoms with van der Waals surface area (Å²) in [6.07, 6.45) is 4.54. The average Bonchev–Trinajstić information content (AvgIpc) is 2.88. The Labute approximate surface area is 101 Å². The average molecular weight is 231 g/mol. The van der Waals surface area contributed by atoms with Gasteiger partial charge in [0.1, 0.15) is 11.6 Å². The van der Waals surface area contributed by atoms with E-state index >= 15 is 0 Å². The molecule has 0 spiro atoms. The lowest BCUT2D eigenvalue weighted by Gasteiger charge is -2.08. The Morgan fingerprint density at radius 1 is 1.35 bits per heavy atom. The predicted octanol–water partition coefficient (Wildman–Crippen LogP) is 1.75. The quantitative estimate of drug-likeness (QED) is 0.745. The highest BCUT2D eigenvalue weighted by molar-refractivity contribution is 5.33. The molecule has 0 radical (unpaired) electrons. The Kier molecular flexibility index (Phi) is 4.16. The topological polar surface area (TPSA) is 49.9 Å². The molecule has 0 saturated carbocycles. The van der Waals surface area contributed by atoms with E-state index in [2.05, 4.69) is 21.4 Å². The van der Waals surface area contributed by atoms with Crippen LogP contribution in [0.4, 0.5) is 0 Å². The zero-order valence-electron chi connectivity index (χ0n) is 9.94. The fourth-order valence-corrected chi connectivity index (χ4v) is 1.73. The molecule has 0 unspecified atom stereocenters. The van der Waals surface area contributed by atoms with E-state index in [1.54, 1.807) is 13.3 Å². The second-order valence-electron chi connectivity index (χ2n) is 3.77. The highest BCUT2D eigenvalue weighted by atomic mass is 16.5. The maximum atomic E-state index is 5.30. The van der Waals surface area contributed by atoms with Gasteiger partial charge in [-0.2, -0.15) is 0 Å². The number of hydrogen-bond donors (Lipinski definition) is 2. The van der Waals surface area contributed by atoms with Crippen LogP contribution in [0.25, 0.3) is 0 Å². The normalized spacial score (nSPS) is 10.4. The number of hydrogen-bond acceptors (Lipinski definition) is 3. The van der Waals surface area contributed by atoms with Crippen molar-refractivity contribution in [1.82, 2.24) is 15.3 Å². The van der Waals surface area contributed by atoms with Crippen molar-refractivity contribution in [3.8, 4) is 5.75 Å². The largest absolute Gasteiger partial charge is 0.496 e. The molecule has 1 aromatic carbocycles. The van der Waals surface area contributed by atoms with Gasteiger partial charge in [0.05, 0.1) is 13.7 Å². The van der Waals surface area contributed by atoms with Gasteiger partial charge in [-0.05, 0) is 24.6 Å². The number of nitrogens with one attached hydrogen (secondary N) is 2. The maximum Gasteiger partial charge on any atom is 0.122 e. The number of para-hydroxylation sites is 1. The lowest BCUT2D eigenvalue weighted by atomic mass is 10.1. The van der Waals surface area contributed by atoms with Crippen molar-refractivity contribution in [2.24, 2.45) is 0 Å². The summed E-state index contributed by atoms with van der Waals surface area (Å²) in [4.78, 5) is 7.21. The molecule has 2 N–H and O–H groups in total. The molecule has 0 amide bonds. The van der Waals surface area contributed by atoms with Crippen LogP contribution in [0.3, 0.4) is 0 Å². The summed E-state index contributed by atoms with van der Waals surface area (Å²) in [5, 5.41) is 3.34. The van der Waals surface area contributed by atoms with Gasteiger partial charge < -0.3 is 15.0 Å². The van der Waals surface area contributed by atoms with Crippen LogP contribution >= 0.6 is 0 Å². The first-order valence-corrected chi connectivity index (χ1v) is 5.71. The van der Waals surface area contributed by atoms with E-state index in [1.807, 2.05) is 24.4 Å². The van der Waals surface area contributed by atoms with Crippen molar-refractivity contribution in [3.05, 3.63) is 48.0 Å². The first kappa shape index (κ1) is 11.7. The van der Waals surface area contributed by atoms with Crippen LogP contribution in [0, 0.1) is 0 Å². The number of benzene rings is 1. The fourth-order valence-electron chi connectivity index (χ4n) is 1.73. The number of methoxy groups -OCH3 is 1. The van der Waals surface area contributed by atoms with Crippen molar-refractivity contribution in [2.45, 2.75) is 13.0 Å². The van der Waals surface area contributed by atoms with Crippen LogP contribution < -0.4 is 10.1 Å². The molecule has 0 aliphatic rings. The van der Waals surface area contributed by atoms with Crippen molar-refractivity contribution < 1.29 is 4.74 Å². The molecule has 0 atom stereocenters. The van der Waals surface area contributed by atoms with E-state index in [-0.39, 0.29) is 0 Å². The van der Waals surface area contributed by atoms with Gasteiger partial charge in [-0.15, -0.1) is 0 Å². The summed E-state index contributed by atoms with van der Waals surface area (Å²) in [5.41, 5.74) is 1.22. The molecular weight excluding hydrogens is 214 g/mol. The molecule has 4 nitrogen and oxygen atoms in total. The van der Waals surface area contributed by atoms with E-state index in [9.17, 15) is 0 Å². The zero-order valence-corrected chi connectivity index (χ0v) is 9.94. The Morgan fingerprint density at radius 3 is 3.00 bits per heavy atom. The lowest BCUT2D eigenvalue weighted by molar-refractivity contribution is 0.409. The van der Waals surface area contributed by atoms with Gasteiger partial charge in [0.2, 0.25) is 0 Å². The van der Waals surface area contributed by atoms with Crippen LogP contribution in [0.2, 0.25) is 0 Å². The van der Waals surface area contributed by atoms with Crippen LogP contribution in [-0.2, 0) is 13.0 Å². The minimum atomic E-state index is 0.766. The molecule has 1 heterocycles. The lowest BCUT2D eigenvalue weighted by Crippen LogP contribution is -2.17. The van der Waals surface area contributed by atoms with Gasteiger partial charge >= 0.3 is 0 Å². The van der Waals surface area contributed by atoms with Gasteiger partial charge in [-0.25, -0.2) is 4.98 Å². The predicted molar refractivity (Wildman–Crippen MR) is 67.0 cm³/mol. The summed E-state index contributed by atoms with van der Waals surface area (Å²) in [6, 6.07) is 8.10. The number of H-pyrrole nitrogens is 1. The summed E-state index contributed by atoms with van der Waals surface area (Å²) < 4.78 is 5.30. The summed E-state index contributed by atoms with van der Waals surface area (Å²) in [6.45, 7) is 1.67. The van der Waals surface area contributed by atoms with E-state index in [0.717, 1.165) is 31.1 Å². The molecule has 0 aliphatic carbocycles. The zero-order chi connectivity index (χ0) is 11.9. The van der Waals surface area contributed by atoms with Gasteiger partial charge in [-0.1, -0.05) is 18.2 Å². The van der Waals surface area contributed by atoms with Crippen LogP contribution in [0.5, 0.6) is 5.75 Å². The molecule has 0 fully saturated rings. The standard InChI is InChI=1S/C13H17N3O/c1-17-12-5-3-2-4-11(12)6-7-14-10-13-15-8-9-16-13/h2-5,8-9,14H,6-7,10H2,1H3,(H,15,16). The molecule has 4 heteroatoms. The molecule has 17 heavy (non-hydrogen) atoms. The van der Waals surface area contributed by atoms with Crippen molar-refractivity contribution in [3.63, 3.8) is 0 Å². The Bertz CT molecular complexity index is 440. The van der Waals surface area contributed by atoms with Crippen molar-refractivity contribution in [1.29, 1.82) is 0 Å². The number of aromatic nitrogens is 2. The number of nitrogens with zero attached hydrogens (tertiary/aromatic N) is 1. The molecule has 2 rings (SSSR count). The summed E-state index contributed by atoms with van der Waals surface area (Å²) in [5.74, 6) is 1.91. The molecule has 1 aromatic heterocycles. The van der Waals surface area contributed by atoms with Crippen LogP contribution in [0.1, 0.15) is 11.4 Å². The third-order valence-corrected chi connectivity index (χ3v) is 2.61. The SMILES string of the molecule is COc1ccccc1CCNCc1ncc[nH]1. The minimum Gasteiger partial charge on any atom is -0.496 e. The minimum absolute atomic E-state index is 0.766. The Morgan fingerprint density at radius 2 is 2.24 bits per heavy atom. The fraction of sp³-hybridized carbons (Fsp3) is 0.308. The second kappa shape index (κ2) is 6.06. The number of ether oxygens (including phenoxy) is 1. The third-order valence-electron chi connectivity index (χ3n) is 2.61. The number of imidazole rings is 1. The first-order chi connectivity index (χ1) is 8.40. The van der Waals surface area contributed by atoms with Crippen LogP contribution in [-0.4, -0.2) is 23.6 Å². The second-order valence-corrected chi connectivity index (χ2v) is 3.77. The summed E-state index contributed by atoms with van der Waals surface area (Å²) >= 11 is 0. The van der Waals surface area contributed by atoms with E-state index in [4.69, 9.17) is 4.74 Å². The molecule has 0 aliphatic heterocycles. The van der Waals surface area contributed by atoms with Crippen LogP contribution in [0.15, 0.2) is 36.7 Å². The van der Waals surface area contributed by atoms with Gasteiger partial charge in [0.25, 0.3) is 0 Å². The first-order valence-electron chi connectivity index (χ1n) is 5.71. The Balaban J connectivity index is 1.78. The van der Waals surface area contributed by atoms with Crippen molar-refractivity contribution >= 4 is 0 Å². The molecule has 0 bridgehead atoms. The van der Waals surface area contributed by atoms with Crippen molar-refractivity contribution in [2.75, 3.05) is 13.7 Å². The molecule has 0 saturated heterocycles. The summed E-state index contributed by atoms with van der Waals surface area (Å²) in [7, 11) is 1.70. The maximum absolute atomic E-state index is 5.30. The highest BCUT2D eigenvalue weighted by Gasteiger charge is 2.01. The van der Waals surface area contributed by atoms with E-state index in [0.29, 0.717) is 0 Å². The third kappa shape index (κ3) is 3.32.